The Hall–Kier alpha value is -5.66. The van der Waals surface area contributed by atoms with Gasteiger partial charge in [0.05, 0.1) is 16.6 Å². The van der Waals surface area contributed by atoms with Gasteiger partial charge in [-0.3, -0.25) is 0 Å². The van der Waals surface area contributed by atoms with Gasteiger partial charge in [-0.2, -0.15) is 0 Å². The van der Waals surface area contributed by atoms with E-state index in [1.54, 1.807) is 0 Å². The summed E-state index contributed by atoms with van der Waals surface area (Å²) in [5.41, 5.74) is 18.8. The van der Waals surface area contributed by atoms with Crippen molar-refractivity contribution in [2.75, 3.05) is 0 Å². The normalized spacial score (nSPS) is 14.2. The van der Waals surface area contributed by atoms with Gasteiger partial charge >= 0.3 is 0 Å². The summed E-state index contributed by atoms with van der Waals surface area (Å²) in [6, 6.07) is 54.4. The van der Waals surface area contributed by atoms with E-state index in [9.17, 15) is 0 Å². The third-order valence-electron chi connectivity index (χ3n) is 11.1. The van der Waals surface area contributed by atoms with Crippen LogP contribution < -0.4 is 0 Å². The van der Waals surface area contributed by atoms with E-state index < -0.39 is 0 Å². The van der Waals surface area contributed by atoms with Crippen LogP contribution in [0.3, 0.4) is 0 Å². The van der Waals surface area contributed by atoms with Crippen molar-refractivity contribution < 1.29 is 0 Å². The Bertz CT molecular complexity index is 2690. The minimum absolute atomic E-state index is 0.484. The zero-order valence-electron chi connectivity index (χ0n) is 27.3. The van der Waals surface area contributed by atoms with Gasteiger partial charge in [0.1, 0.15) is 0 Å². The van der Waals surface area contributed by atoms with Crippen molar-refractivity contribution in [1.82, 2.24) is 4.40 Å². The second-order valence-electron chi connectivity index (χ2n) is 13.6. The van der Waals surface area contributed by atoms with Crippen molar-refractivity contribution in [3.63, 3.8) is 0 Å². The van der Waals surface area contributed by atoms with E-state index in [0.717, 1.165) is 12.8 Å². The molecule has 1 nitrogen and oxygen atoms in total. The Balaban J connectivity index is 1.27. The number of rotatable bonds is 4. The third kappa shape index (κ3) is 3.79. The fraction of sp³-hybridized carbons (Fsp3) is 0.106. The summed E-state index contributed by atoms with van der Waals surface area (Å²) < 4.78 is 2.51. The van der Waals surface area contributed by atoms with Gasteiger partial charge in [0.15, 0.2) is 0 Å². The van der Waals surface area contributed by atoms with Gasteiger partial charge in [0.25, 0.3) is 0 Å². The summed E-state index contributed by atoms with van der Waals surface area (Å²) in [5.74, 6) is 0.484. The first-order valence-electron chi connectivity index (χ1n) is 17.3. The molecule has 0 fully saturated rings. The number of para-hydroxylation sites is 1. The number of aromatic nitrogens is 1. The summed E-state index contributed by atoms with van der Waals surface area (Å²) in [5, 5.41) is 5.29. The van der Waals surface area contributed by atoms with E-state index in [2.05, 4.69) is 164 Å². The highest BCUT2D eigenvalue weighted by Gasteiger charge is 2.30. The van der Waals surface area contributed by atoms with Crippen LogP contribution in [0.25, 0.3) is 82.6 Å². The van der Waals surface area contributed by atoms with Crippen molar-refractivity contribution >= 4 is 38.1 Å². The molecule has 1 heteroatoms. The average Bonchev–Trinajstić information content (AvgIpc) is 3.66. The van der Waals surface area contributed by atoms with Gasteiger partial charge in [0.2, 0.25) is 0 Å². The Morgan fingerprint density at radius 3 is 2.15 bits per heavy atom. The molecule has 2 aromatic heterocycles. The van der Waals surface area contributed by atoms with Gasteiger partial charge in [-0.05, 0) is 105 Å². The van der Waals surface area contributed by atoms with Crippen molar-refractivity contribution in [2.45, 2.75) is 32.6 Å². The lowest BCUT2D eigenvalue weighted by Crippen LogP contribution is -2.13. The third-order valence-corrected chi connectivity index (χ3v) is 11.1. The maximum atomic E-state index is 2.51. The number of hydrogen-bond donors (Lipinski definition) is 0. The molecule has 1 aliphatic carbocycles. The summed E-state index contributed by atoms with van der Waals surface area (Å²) in [6.45, 7) is 4.60. The lowest BCUT2D eigenvalue weighted by molar-refractivity contribution is 0.655. The molecule has 1 unspecified atom stereocenters. The summed E-state index contributed by atoms with van der Waals surface area (Å²) in [6.07, 6.45) is 2.18. The van der Waals surface area contributed by atoms with E-state index in [0.29, 0.717) is 5.92 Å². The standard InChI is InChI=1S/C47H35N/c1-3-30-27-33-16-11-19-36(45(33)40-21-12-20-35(44(30)40)34-17-8-7-13-29(34)2)37-24-25-38-41-28-32(31-14-5-4-6-15-31)23-26-43(41)48-42-22-10-9-18-39(42)46(37)47(38)48/h4-26,28,30H,3,27H2,1-2H3. The first-order valence-corrected chi connectivity index (χ1v) is 17.3. The molecule has 0 aliphatic heterocycles. The predicted molar refractivity (Wildman–Crippen MR) is 204 cm³/mol. The molecule has 2 heterocycles. The second-order valence-corrected chi connectivity index (χ2v) is 13.6. The SMILES string of the molecule is CCC1Cc2cccc(-c3ccc4c5cc(-c6ccccc6)ccc5n5c6ccccc6c3c45)c2-c2cccc(-c3ccccc3C)c21. The molecule has 0 spiro atoms. The zero-order valence-corrected chi connectivity index (χ0v) is 27.3. The van der Waals surface area contributed by atoms with Gasteiger partial charge in [0, 0.05) is 21.5 Å². The minimum atomic E-state index is 0.484. The summed E-state index contributed by atoms with van der Waals surface area (Å²) in [4.78, 5) is 0. The van der Waals surface area contributed by atoms with Crippen LogP contribution in [0.5, 0.6) is 0 Å². The number of fused-ring (bicyclic) bond motifs is 9. The molecule has 1 atom stereocenters. The van der Waals surface area contributed by atoms with Crippen LogP contribution in [-0.4, -0.2) is 4.40 Å². The van der Waals surface area contributed by atoms with E-state index in [-0.39, 0.29) is 0 Å². The summed E-state index contributed by atoms with van der Waals surface area (Å²) >= 11 is 0. The fourth-order valence-corrected chi connectivity index (χ4v) is 8.91. The molecule has 228 valence electrons. The Morgan fingerprint density at radius 1 is 0.542 bits per heavy atom. The maximum absolute atomic E-state index is 2.51. The van der Waals surface area contributed by atoms with Crippen molar-refractivity contribution in [3.8, 4) is 44.5 Å². The highest BCUT2D eigenvalue weighted by Crippen LogP contribution is 2.51. The van der Waals surface area contributed by atoms with Crippen LogP contribution in [0.1, 0.15) is 36.0 Å². The van der Waals surface area contributed by atoms with Crippen LogP contribution in [0.2, 0.25) is 0 Å². The van der Waals surface area contributed by atoms with Crippen LogP contribution in [0.4, 0.5) is 0 Å². The number of aryl methyl sites for hydroxylation is 1. The molecule has 48 heavy (non-hydrogen) atoms. The molecule has 0 bridgehead atoms. The van der Waals surface area contributed by atoms with Gasteiger partial charge in [-0.15, -0.1) is 0 Å². The quantitative estimate of drug-likeness (QED) is 0.186. The molecule has 9 aromatic rings. The first-order chi connectivity index (χ1) is 23.7. The lowest BCUT2D eigenvalue weighted by atomic mass is 9.72. The average molecular weight is 614 g/mol. The second kappa shape index (κ2) is 10.4. The van der Waals surface area contributed by atoms with Crippen molar-refractivity contribution in [2.24, 2.45) is 0 Å². The maximum Gasteiger partial charge on any atom is 0.0626 e. The van der Waals surface area contributed by atoms with Crippen LogP contribution in [0, 0.1) is 6.92 Å². The van der Waals surface area contributed by atoms with Gasteiger partial charge in [-0.1, -0.05) is 134 Å². The molecule has 0 radical (unpaired) electrons. The van der Waals surface area contributed by atoms with Crippen molar-refractivity contribution in [1.29, 1.82) is 0 Å². The number of nitrogens with zero attached hydrogens (tertiary/aromatic N) is 1. The Morgan fingerprint density at radius 2 is 1.27 bits per heavy atom. The van der Waals surface area contributed by atoms with Crippen LogP contribution in [0.15, 0.2) is 146 Å². The summed E-state index contributed by atoms with van der Waals surface area (Å²) in [7, 11) is 0. The topological polar surface area (TPSA) is 4.41 Å². The highest BCUT2D eigenvalue weighted by molar-refractivity contribution is 6.27. The molecule has 10 rings (SSSR count). The molecule has 1 aliphatic rings. The molecule has 7 aromatic carbocycles. The lowest BCUT2D eigenvalue weighted by Gasteiger charge is -2.31. The fourth-order valence-electron chi connectivity index (χ4n) is 8.91. The Kier molecular flexibility index (Phi) is 5.96. The van der Waals surface area contributed by atoms with Crippen molar-refractivity contribution in [3.05, 3.63) is 162 Å². The first kappa shape index (κ1) is 27.5. The molecule has 0 amide bonds. The molecular formula is C47H35N. The minimum Gasteiger partial charge on any atom is -0.308 e. The van der Waals surface area contributed by atoms with Crippen LogP contribution >= 0.6 is 0 Å². The zero-order chi connectivity index (χ0) is 31.9. The molecule has 0 saturated carbocycles. The molecule has 0 N–H and O–H groups in total. The Labute approximate surface area is 281 Å². The largest absolute Gasteiger partial charge is 0.308 e. The smallest absolute Gasteiger partial charge is 0.0626 e. The van der Waals surface area contributed by atoms with E-state index in [1.165, 1.54) is 99.3 Å². The molecular weight excluding hydrogens is 579 g/mol. The van der Waals surface area contributed by atoms with E-state index >= 15 is 0 Å². The monoisotopic (exact) mass is 613 g/mol. The van der Waals surface area contributed by atoms with Gasteiger partial charge < -0.3 is 4.40 Å². The predicted octanol–water partition coefficient (Wildman–Crippen LogP) is 12.9. The van der Waals surface area contributed by atoms with E-state index in [4.69, 9.17) is 0 Å². The highest BCUT2D eigenvalue weighted by atomic mass is 14.9. The van der Waals surface area contributed by atoms with Gasteiger partial charge in [-0.25, -0.2) is 0 Å². The molecule has 0 saturated heterocycles. The number of benzene rings is 7. The van der Waals surface area contributed by atoms with E-state index in [1.807, 2.05) is 0 Å². The number of hydrogen-bond acceptors (Lipinski definition) is 0. The van der Waals surface area contributed by atoms with Crippen LogP contribution in [-0.2, 0) is 6.42 Å².